The highest BCUT2D eigenvalue weighted by Crippen LogP contribution is 2.36. The Kier molecular flexibility index (Phi) is 10.2. The minimum absolute atomic E-state index is 0.0517. The number of morpholine rings is 1. The zero-order chi connectivity index (χ0) is 31.9. The van der Waals surface area contributed by atoms with E-state index in [0.717, 1.165) is 44.3 Å². The molecular formula is C29H36F3N9O3. The molecule has 44 heavy (non-hydrogen) atoms. The number of ether oxygens (including phenoxy) is 1. The molecule has 12 nitrogen and oxygen atoms in total. The van der Waals surface area contributed by atoms with Crippen LogP contribution < -0.4 is 21.7 Å². The summed E-state index contributed by atoms with van der Waals surface area (Å²) in [5, 5.41) is 12.1. The summed E-state index contributed by atoms with van der Waals surface area (Å²) in [5.41, 5.74) is 4.58. The minimum Gasteiger partial charge on any atom is -0.383 e. The average molecular weight is 616 g/mol. The van der Waals surface area contributed by atoms with Gasteiger partial charge in [0.05, 0.1) is 30.7 Å². The first-order chi connectivity index (χ1) is 20.8. The monoisotopic (exact) mass is 615 g/mol. The summed E-state index contributed by atoms with van der Waals surface area (Å²) >= 11 is 0. The Morgan fingerprint density at radius 1 is 1.18 bits per heavy atom. The van der Waals surface area contributed by atoms with Gasteiger partial charge < -0.3 is 30.9 Å². The van der Waals surface area contributed by atoms with Crippen LogP contribution in [0.15, 0.2) is 68.1 Å². The number of aliphatic imine (C=N–C) groups is 3. The lowest BCUT2D eigenvalue weighted by atomic mass is 9.93. The normalized spacial score (nSPS) is 18.1. The largest absolute Gasteiger partial charge is 0.418 e. The number of nitrogens with two attached hydrogens (primary N) is 1. The van der Waals surface area contributed by atoms with E-state index in [-0.39, 0.29) is 40.0 Å². The van der Waals surface area contributed by atoms with Crippen LogP contribution in [0.2, 0.25) is 0 Å². The molecule has 0 unspecified atom stereocenters. The molecule has 0 bridgehead atoms. The van der Waals surface area contributed by atoms with E-state index in [1.54, 1.807) is 6.07 Å². The highest BCUT2D eigenvalue weighted by Gasteiger charge is 2.34. The van der Waals surface area contributed by atoms with E-state index in [1.807, 2.05) is 20.8 Å². The molecule has 3 heterocycles. The summed E-state index contributed by atoms with van der Waals surface area (Å²) < 4.78 is 52.6. The SMILES string of the molecule is C=C/N=C1/C=NC(NCCCN2CCOCC2)=N/C1=C(/N)Nc1cc(C(=O)Nc2cc(C(C)(C)C)on2)ccc1C(F)(F)F. The molecule has 1 aromatic heterocycles. The first-order valence-electron chi connectivity index (χ1n) is 14.0. The summed E-state index contributed by atoms with van der Waals surface area (Å²) in [6, 6.07) is 4.46. The van der Waals surface area contributed by atoms with Crippen LogP contribution in [-0.4, -0.2) is 73.2 Å². The molecule has 0 atom stereocenters. The van der Waals surface area contributed by atoms with Crippen LogP contribution in [0.25, 0.3) is 0 Å². The first-order valence-corrected chi connectivity index (χ1v) is 14.0. The molecule has 2 aliphatic heterocycles. The van der Waals surface area contributed by atoms with Gasteiger partial charge in [-0.15, -0.1) is 0 Å². The molecule has 1 amide bonds. The lowest BCUT2D eigenvalue weighted by Gasteiger charge is -2.26. The van der Waals surface area contributed by atoms with E-state index in [0.29, 0.717) is 25.5 Å². The van der Waals surface area contributed by atoms with Gasteiger partial charge in [-0.3, -0.25) is 14.7 Å². The third-order valence-electron chi connectivity index (χ3n) is 6.64. The Bertz CT molecular complexity index is 1480. The number of carbonyl (C=O) groups excluding carboxylic acids is 1. The van der Waals surface area contributed by atoms with Gasteiger partial charge in [-0.2, -0.15) is 13.2 Å². The quantitative estimate of drug-likeness (QED) is 0.307. The van der Waals surface area contributed by atoms with Crippen molar-refractivity contribution in [2.75, 3.05) is 50.0 Å². The smallest absolute Gasteiger partial charge is 0.383 e. The zero-order valence-electron chi connectivity index (χ0n) is 24.8. The van der Waals surface area contributed by atoms with Crippen LogP contribution in [-0.2, 0) is 16.3 Å². The Labute approximate surface area is 253 Å². The van der Waals surface area contributed by atoms with Gasteiger partial charge >= 0.3 is 6.18 Å². The number of allylic oxidation sites excluding steroid dienone is 1. The maximum Gasteiger partial charge on any atom is 0.418 e. The van der Waals surface area contributed by atoms with Gasteiger partial charge in [-0.05, 0) is 31.2 Å². The topological polar surface area (TPSA) is 155 Å². The molecule has 0 aliphatic carbocycles. The maximum atomic E-state index is 14.0. The van der Waals surface area contributed by atoms with Crippen molar-refractivity contribution in [3.8, 4) is 0 Å². The van der Waals surface area contributed by atoms with Crippen molar-refractivity contribution in [2.24, 2.45) is 20.7 Å². The molecule has 1 fully saturated rings. The van der Waals surface area contributed by atoms with Crippen LogP contribution >= 0.6 is 0 Å². The second-order valence-electron chi connectivity index (χ2n) is 11.1. The van der Waals surface area contributed by atoms with E-state index >= 15 is 0 Å². The van der Waals surface area contributed by atoms with E-state index in [1.165, 1.54) is 12.4 Å². The number of nitrogens with one attached hydrogen (secondary N) is 3. The highest BCUT2D eigenvalue weighted by molar-refractivity contribution is 6.41. The fourth-order valence-corrected chi connectivity index (χ4v) is 4.30. The second kappa shape index (κ2) is 13.9. The van der Waals surface area contributed by atoms with Crippen molar-refractivity contribution in [1.82, 2.24) is 15.4 Å². The highest BCUT2D eigenvalue weighted by atomic mass is 19.4. The summed E-state index contributed by atoms with van der Waals surface area (Å²) in [5.74, 6) is -0.0505. The third-order valence-corrected chi connectivity index (χ3v) is 6.64. The molecule has 0 radical (unpaired) electrons. The predicted octanol–water partition coefficient (Wildman–Crippen LogP) is 4.12. The van der Waals surface area contributed by atoms with Crippen molar-refractivity contribution in [1.29, 1.82) is 0 Å². The number of nitrogens with zero attached hydrogens (tertiary/aromatic N) is 5. The van der Waals surface area contributed by atoms with Gasteiger partial charge in [0.2, 0.25) is 5.96 Å². The molecule has 0 saturated carbocycles. The van der Waals surface area contributed by atoms with E-state index in [4.69, 9.17) is 15.0 Å². The second-order valence-corrected chi connectivity index (χ2v) is 11.1. The summed E-state index contributed by atoms with van der Waals surface area (Å²) in [4.78, 5) is 28.0. The Morgan fingerprint density at radius 3 is 2.59 bits per heavy atom. The number of rotatable bonds is 9. The van der Waals surface area contributed by atoms with Gasteiger partial charge in [0, 0.05) is 42.9 Å². The molecule has 2 aliphatic rings. The number of alkyl halides is 3. The molecule has 5 N–H and O–H groups in total. The van der Waals surface area contributed by atoms with Crippen LogP contribution in [0, 0.1) is 0 Å². The molecule has 1 saturated heterocycles. The molecule has 0 spiro atoms. The summed E-state index contributed by atoms with van der Waals surface area (Å²) in [7, 11) is 0. The predicted molar refractivity (Wildman–Crippen MR) is 163 cm³/mol. The number of hydrogen-bond donors (Lipinski definition) is 4. The molecule has 2 aromatic rings. The molecule has 4 rings (SSSR count). The summed E-state index contributed by atoms with van der Waals surface area (Å²) in [6.07, 6.45) is -1.31. The van der Waals surface area contributed by atoms with Gasteiger partial charge in [0.25, 0.3) is 5.91 Å². The fourth-order valence-electron chi connectivity index (χ4n) is 4.30. The maximum absolute atomic E-state index is 14.0. The van der Waals surface area contributed by atoms with E-state index < -0.39 is 23.3 Å². The van der Waals surface area contributed by atoms with Crippen LogP contribution in [0.1, 0.15) is 48.9 Å². The fraction of sp³-hybridized carbons (Fsp3) is 0.414. The van der Waals surface area contributed by atoms with Gasteiger partial charge in [0.1, 0.15) is 23.0 Å². The number of carbonyl (C=O) groups is 1. The van der Waals surface area contributed by atoms with Gasteiger partial charge in [0.15, 0.2) is 5.82 Å². The van der Waals surface area contributed by atoms with E-state index in [9.17, 15) is 18.0 Å². The number of hydrogen-bond acceptors (Lipinski definition) is 11. The molecule has 1 aromatic carbocycles. The standard InChI is InChI=1S/C29H36F3N9O3/c1-5-34-21-17-36-27(35-9-6-10-41-11-13-43-14-12-41)39-24(21)25(33)37-20-15-18(7-8-19(20)29(30,31)32)26(42)38-23-16-22(44-40-23)28(2,3)4/h5,7-8,15-17,37H,1,6,9-14,33H2,2-4H3,(H,35,39)(H,38,40,42)/b25-24-,34-21-. The van der Waals surface area contributed by atoms with E-state index in [2.05, 4.69) is 47.6 Å². The Balaban J connectivity index is 1.55. The average Bonchev–Trinajstić information content (AvgIpc) is 3.45. The number of benzene rings is 1. The Morgan fingerprint density at radius 2 is 1.93 bits per heavy atom. The Hall–Kier alpha value is -4.50. The zero-order valence-corrected chi connectivity index (χ0v) is 24.8. The van der Waals surface area contributed by atoms with Crippen LogP contribution in [0.3, 0.4) is 0 Å². The minimum atomic E-state index is -4.75. The molecule has 236 valence electrons. The van der Waals surface area contributed by atoms with Crippen molar-refractivity contribution in [3.05, 3.63) is 65.4 Å². The third kappa shape index (κ3) is 8.54. The number of halogens is 3. The molecular weight excluding hydrogens is 579 g/mol. The lowest BCUT2D eigenvalue weighted by molar-refractivity contribution is -0.136. The number of amides is 1. The first kappa shape index (κ1) is 32.4. The number of anilines is 2. The molecule has 15 heteroatoms. The number of aromatic nitrogens is 1. The van der Waals surface area contributed by atoms with Gasteiger partial charge in [-0.25, -0.2) is 9.98 Å². The van der Waals surface area contributed by atoms with Crippen molar-refractivity contribution in [2.45, 2.75) is 38.8 Å². The van der Waals surface area contributed by atoms with Crippen LogP contribution in [0.4, 0.5) is 24.7 Å². The lowest BCUT2D eigenvalue weighted by Crippen LogP contribution is -2.38. The van der Waals surface area contributed by atoms with Crippen molar-refractivity contribution in [3.63, 3.8) is 0 Å². The number of guanidine groups is 1. The summed E-state index contributed by atoms with van der Waals surface area (Å²) in [6.45, 7) is 13.9. The van der Waals surface area contributed by atoms with Crippen molar-refractivity contribution >= 4 is 35.3 Å². The van der Waals surface area contributed by atoms with Crippen molar-refractivity contribution < 1.29 is 27.2 Å². The van der Waals surface area contributed by atoms with Crippen LogP contribution in [0.5, 0.6) is 0 Å². The van der Waals surface area contributed by atoms with Gasteiger partial charge in [-0.1, -0.05) is 32.5 Å².